The van der Waals surface area contributed by atoms with Crippen LogP contribution in [0.5, 0.6) is 0 Å². The molecule has 0 aliphatic rings. The van der Waals surface area contributed by atoms with Crippen molar-refractivity contribution in [2.24, 2.45) is 0 Å². The molecule has 0 atom stereocenters. The second-order valence-electron chi connectivity index (χ2n) is 4.10. The van der Waals surface area contributed by atoms with Crippen LogP contribution in [0.1, 0.15) is 0 Å². The molecule has 0 unspecified atom stereocenters. The number of benzene rings is 2. The lowest BCUT2D eigenvalue weighted by atomic mass is 10.3. The molecule has 0 aliphatic heterocycles. The highest BCUT2D eigenvalue weighted by Gasteiger charge is 2.20. The van der Waals surface area contributed by atoms with Crippen molar-refractivity contribution >= 4 is 56.2 Å². The van der Waals surface area contributed by atoms with Gasteiger partial charge in [-0.15, -0.1) is 0 Å². The van der Waals surface area contributed by atoms with Crippen LogP contribution >= 0.6 is 34.8 Å². The Morgan fingerprint density at radius 3 is 2.27 bits per heavy atom. The third kappa shape index (κ3) is 3.61. The maximum Gasteiger partial charge on any atom is 0.289 e. The summed E-state index contributed by atoms with van der Waals surface area (Å²) in [5.41, 5.74) is -0.439. The molecule has 0 heterocycles. The zero-order valence-corrected chi connectivity index (χ0v) is 13.7. The molecule has 0 radical (unpaired) electrons. The summed E-state index contributed by atoms with van der Waals surface area (Å²) >= 11 is 17.3. The molecule has 2 aromatic carbocycles. The van der Waals surface area contributed by atoms with E-state index in [1.165, 1.54) is 30.3 Å². The zero-order chi connectivity index (χ0) is 16.5. The molecule has 0 saturated heterocycles. The van der Waals surface area contributed by atoms with Crippen molar-refractivity contribution in [3.63, 3.8) is 0 Å². The largest absolute Gasteiger partial charge is 0.289 e. The molecular weight excluding hydrogens is 375 g/mol. The third-order valence-electron chi connectivity index (χ3n) is 2.58. The van der Waals surface area contributed by atoms with E-state index in [0.29, 0.717) is 0 Å². The number of anilines is 1. The molecule has 22 heavy (non-hydrogen) atoms. The predicted molar refractivity (Wildman–Crippen MR) is 85.4 cm³/mol. The Bertz CT molecular complexity index is 855. The van der Waals surface area contributed by atoms with Crippen LogP contribution in [0.4, 0.5) is 11.4 Å². The lowest BCUT2D eigenvalue weighted by molar-refractivity contribution is -0.384. The molecule has 10 heteroatoms. The van der Waals surface area contributed by atoms with E-state index in [1.807, 2.05) is 0 Å². The Kier molecular flexibility index (Phi) is 4.81. The van der Waals surface area contributed by atoms with Crippen molar-refractivity contribution in [2.45, 2.75) is 4.90 Å². The highest BCUT2D eigenvalue weighted by molar-refractivity contribution is 7.92. The number of nitro benzene ring substituents is 1. The Morgan fingerprint density at radius 2 is 1.64 bits per heavy atom. The summed E-state index contributed by atoms with van der Waals surface area (Å²) in [6.07, 6.45) is 0. The van der Waals surface area contributed by atoms with Crippen molar-refractivity contribution in [1.29, 1.82) is 0 Å². The minimum absolute atomic E-state index is 0.0212. The molecule has 0 aliphatic carbocycles. The average Bonchev–Trinajstić information content (AvgIpc) is 2.43. The van der Waals surface area contributed by atoms with E-state index >= 15 is 0 Å². The van der Waals surface area contributed by atoms with Gasteiger partial charge in [0.2, 0.25) is 0 Å². The predicted octanol–water partition coefficient (Wildman–Crippen LogP) is 4.36. The molecule has 0 saturated carbocycles. The number of hydrogen-bond donors (Lipinski definition) is 1. The molecule has 2 rings (SSSR count). The first-order chi connectivity index (χ1) is 10.2. The van der Waals surface area contributed by atoms with Gasteiger partial charge in [-0.2, -0.15) is 0 Å². The molecule has 0 spiro atoms. The monoisotopic (exact) mass is 380 g/mol. The van der Waals surface area contributed by atoms with Gasteiger partial charge in [0.1, 0.15) is 9.92 Å². The van der Waals surface area contributed by atoms with Crippen LogP contribution in [0.15, 0.2) is 41.3 Å². The number of hydrogen-bond acceptors (Lipinski definition) is 4. The summed E-state index contributed by atoms with van der Waals surface area (Å²) in [6, 6.07) is 7.48. The lowest BCUT2D eigenvalue weighted by Gasteiger charge is -2.10. The number of nitrogens with zero attached hydrogens (tertiary/aromatic N) is 1. The summed E-state index contributed by atoms with van der Waals surface area (Å²) in [4.78, 5) is 9.86. The summed E-state index contributed by atoms with van der Waals surface area (Å²) in [5.74, 6) is 0. The first kappa shape index (κ1) is 16.8. The van der Waals surface area contributed by atoms with Crippen LogP contribution in [-0.2, 0) is 10.0 Å². The average molecular weight is 382 g/mol. The van der Waals surface area contributed by atoms with Crippen molar-refractivity contribution in [3.8, 4) is 0 Å². The summed E-state index contributed by atoms with van der Waals surface area (Å²) in [6.45, 7) is 0. The molecule has 0 fully saturated rings. The Morgan fingerprint density at radius 1 is 1.00 bits per heavy atom. The SMILES string of the molecule is O=[N+]([O-])c1cc(NS(=O)(=O)c2cc(Cl)ccc2Cl)ccc1Cl. The maximum atomic E-state index is 12.3. The fraction of sp³-hybridized carbons (Fsp3) is 0. The van der Waals surface area contributed by atoms with Crippen LogP contribution in [0, 0.1) is 10.1 Å². The van der Waals surface area contributed by atoms with Gasteiger partial charge in [0, 0.05) is 11.1 Å². The van der Waals surface area contributed by atoms with E-state index in [9.17, 15) is 18.5 Å². The highest BCUT2D eigenvalue weighted by Crippen LogP contribution is 2.30. The Balaban J connectivity index is 2.43. The maximum absolute atomic E-state index is 12.3. The Hall–Kier alpha value is -1.54. The minimum atomic E-state index is -4.05. The number of halogens is 3. The van der Waals surface area contributed by atoms with Gasteiger partial charge in [0.25, 0.3) is 15.7 Å². The molecule has 0 amide bonds. The smallest absolute Gasteiger partial charge is 0.279 e. The Labute approximate surface area is 140 Å². The standard InChI is InChI=1S/C12H7Cl3N2O4S/c13-7-1-3-10(15)12(5-7)22(20,21)16-8-2-4-9(14)11(6-8)17(18)19/h1-6,16H. The summed E-state index contributed by atoms with van der Waals surface area (Å²) in [5, 5.41) is 10.9. The van der Waals surface area contributed by atoms with Crippen molar-refractivity contribution < 1.29 is 13.3 Å². The van der Waals surface area contributed by atoms with Gasteiger partial charge >= 0.3 is 0 Å². The lowest BCUT2D eigenvalue weighted by Crippen LogP contribution is -2.13. The summed E-state index contributed by atoms with van der Waals surface area (Å²) < 4.78 is 26.8. The first-order valence-corrected chi connectivity index (χ1v) is 8.24. The zero-order valence-electron chi connectivity index (χ0n) is 10.6. The molecule has 2 aromatic rings. The van der Waals surface area contributed by atoms with Crippen molar-refractivity contribution in [1.82, 2.24) is 0 Å². The highest BCUT2D eigenvalue weighted by atomic mass is 35.5. The molecule has 1 N–H and O–H groups in total. The molecule has 0 aromatic heterocycles. The van der Waals surface area contributed by atoms with E-state index in [1.54, 1.807) is 0 Å². The molecule has 6 nitrogen and oxygen atoms in total. The number of rotatable bonds is 4. The van der Waals surface area contributed by atoms with Gasteiger partial charge < -0.3 is 0 Å². The summed E-state index contributed by atoms with van der Waals surface area (Å²) in [7, 11) is -4.05. The normalized spacial score (nSPS) is 11.2. The van der Waals surface area contributed by atoms with Crippen LogP contribution in [0.25, 0.3) is 0 Å². The first-order valence-electron chi connectivity index (χ1n) is 5.62. The fourth-order valence-corrected chi connectivity index (χ4v) is 3.61. The van der Waals surface area contributed by atoms with Gasteiger partial charge in [0.15, 0.2) is 0 Å². The minimum Gasteiger partial charge on any atom is -0.279 e. The molecular formula is C12H7Cl3N2O4S. The van der Waals surface area contributed by atoms with Gasteiger partial charge in [-0.25, -0.2) is 8.42 Å². The second kappa shape index (κ2) is 6.29. The van der Waals surface area contributed by atoms with Gasteiger partial charge in [0.05, 0.1) is 15.6 Å². The van der Waals surface area contributed by atoms with Crippen LogP contribution in [0.3, 0.4) is 0 Å². The number of nitro groups is 1. The van der Waals surface area contributed by atoms with E-state index in [2.05, 4.69) is 4.72 Å². The quantitative estimate of drug-likeness (QED) is 0.629. The fourth-order valence-electron chi connectivity index (χ4n) is 1.61. The number of sulfonamides is 1. The number of nitrogens with one attached hydrogen (secondary N) is 1. The van der Waals surface area contributed by atoms with Crippen LogP contribution in [0.2, 0.25) is 15.1 Å². The van der Waals surface area contributed by atoms with E-state index in [-0.39, 0.29) is 25.7 Å². The topological polar surface area (TPSA) is 89.3 Å². The van der Waals surface area contributed by atoms with E-state index < -0.39 is 20.6 Å². The van der Waals surface area contributed by atoms with Crippen LogP contribution in [-0.4, -0.2) is 13.3 Å². The van der Waals surface area contributed by atoms with Gasteiger partial charge in [-0.05, 0) is 30.3 Å². The van der Waals surface area contributed by atoms with Gasteiger partial charge in [-0.1, -0.05) is 34.8 Å². The second-order valence-corrected chi connectivity index (χ2v) is 7.01. The van der Waals surface area contributed by atoms with Crippen LogP contribution < -0.4 is 4.72 Å². The van der Waals surface area contributed by atoms with E-state index in [0.717, 1.165) is 6.07 Å². The van der Waals surface area contributed by atoms with Crippen molar-refractivity contribution in [3.05, 3.63) is 61.6 Å². The third-order valence-corrected chi connectivity index (χ3v) is 5.00. The van der Waals surface area contributed by atoms with Crippen molar-refractivity contribution in [2.75, 3.05) is 4.72 Å². The van der Waals surface area contributed by atoms with Gasteiger partial charge in [-0.3, -0.25) is 14.8 Å². The van der Waals surface area contributed by atoms with E-state index in [4.69, 9.17) is 34.8 Å². The molecule has 116 valence electrons. The molecule has 0 bridgehead atoms.